The molecule has 0 aromatic heterocycles. The van der Waals surface area contributed by atoms with Crippen LogP contribution in [0.1, 0.15) is 117 Å². The molecule has 0 aromatic carbocycles. The SMILES string of the molecule is CCCCCCCCCCCCCCCCCCNC(=O)NC(C)O. The highest BCUT2D eigenvalue weighted by atomic mass is 16.3. The Labute approximate surface area is 156 Å². The maximum atomic E-state index is 11.2. The van der Waals surface area contributed by atoms with Crippen LogP contribution >= 0.6 is 0 Å². The van der Waals surface area contributed by atoms with Crippen molar-refractivity contribution in [3.8, 4) is 0 Å². The predicted octanol–water partition coefficient (Wildman–Crippen LogP) is 5.89. The Morgan fingerprint density at radius 1 is 0.720 bits per heavy atom. The number of carbonyl (C=O) groups excluding carboxylic acids is 1. The third-order valence-electron chi connectivity index (χ3n) is 4.66. The summed E-state index contributed by atoms with van der Waals surface area (Å²) >= 11 is 0. The van der Waals surface area contributed by atoms with Crippen molar-refractivity contribution in [2.45, 2.75) is 123 Å². The van der Waals surface area contributed by atoms with Crippen LogP contribution in [0.3, 0.4) is 0 Å². The van der Waals surface area contributed by atoms with Gasteiger partial charge in [-0.3, -0.25) is 0 Å². The van der Waals surface area contributed by atoms with Gasteiger partial charge in [-0.25, -0.2) is 4.79 Å². The van der Waals surface area contributed by atoms with Crippen molar-refractivity contribution in [2.75, 3.05) is 6.54 Å². The number of hydrogen-bond donors (Lipinski definition) is 3. The minimum atomic E-state index is -0.786. The molecule has 0 bridgehead atoms. The minimum absolute atomic E-state index is 0.282. The molecule has 0 aliphatic rings. The first-order valence-corrected chi connectivity index (χ1v) is 10.9. The van der Waals surface area contributed by atoms with Crippen molar-refractivity contribution in [1.82, 2.24) is 10.6 Å². The molecule has 0 aliphatic carbocycles. The van der Waals surface area contributed by atoms with Crippen molar-refractivity contribution < 1.29 is 9.90 Å². The van der Waals surface area contributed by atoms with Gasteiger partial charge < -0.3 is 15.7 Å². The molecule has 0 spiro atoms. The van der Waals surface area contributed by atoms with Gasteiger partial charge in [-0.05, 0) is 13.3 Å². The maximum Gasteiger partial charge on any atom is 0.316 e. The van der Waals surface area contributed by atoms with E-state index in [9.17, 15) is 4.79 Å². The molecule has 0 saturated carbocycles. The number of urea groups is 1. The summed E-state index contributed by atoms with van der Waals surface area (Å²) in [6.45, 7) is 4.50. The van der Waals surface area contributed by atoms with Crippen LogP contribution in [-0.2, 0) is 0 Å². The summed E-state index contributed by atoms with van der Waals surface area (Å²) < 4.78 is 0. The molecule has 1 atom stereocenters. The Bertz CT molecular complexity index is 283. The number of nitrogens with one attached hydrogen (secondary N) is 2. The van der Waals surface area contributed by atoms with Crippen LogP contribution in [0.5, 0.6) is 0 Å². The number of aliphatic hydroxyl groups excluding tert-OH is 1. The van der Waals surface area contributed by atoms with E-state index in [2.05, 4.69) is 17.6 Å². The summed E-state index contributed by atoms with van der Waals surface area (Å²) in [7, 11) is 0. The van der Waals surface area contributed by atoms with Crippen molar-refractivity contribution in [2.24, 2.45) is 0 Å². The molecular weight excluding hydrogens is 312 g/mol. The van der Waals surface area contributed by atoms with Crippen molar-refractivity contribution in [1.29, 1.82) is 0 Å². The van der Waals surface area contributed by atoms with Gasteiger partial charge in [0.1, 0.15) is 6.23 Å². The highest BCUT2D eigenvalue weighted by Gasteiger charge is 2.01. The van der Waals surface area contributed by atoms with Gasteiger partial charge in [0.25, 0.3) is 0 Å². The van der Waals surface area contributed by atoms with Gasteiger partial charge in [-0.15, -0.1) is 0 Å². The van der Waals surface area contributed by atoms with Gasteiger partial charge in [0, 0.05) is 6.54 Å². The third kappa shape index (κ3) is 21.2. The lowest BCUT2D eigenvalue weighted by atomic mass is 10.0. The van der Waals surface area contributed by atoms with Crippen LogP contribution in [0.2, 0.25) is 0 Å². The molecule has 4 heteroatoms. The Hall–Kier alpha value is -0.770. The molecule has 0 radical (unpaired) electrons. The van der Waals surface area contributed by atoms with Crippen LogP contribution in [0.4, 0.5) is 4.79 Å². The quantitative estimate of drug-likeness (QED) is 0.212. The number of rotatable bonds is 18. The molecule has 0 rings (SSSR count). The van der Waals surface area contributed by atoms with Gasteiger partial charge in [0.05, 0.1) is 0 Å². The number of hydrogen-bond acceptors (Lipinski definition) is 2. The van der Waals surface area contributed by atoms with Crippen molar-refractivity contribution >= 4 is 6.03 Å². The number of amides is 2. The molecule has 4 nitrogen and oxygen atoms in total. The van der Waals surface area contributed by atoms with Crippen LogP contribution in [0.15, 0.2) is 0 Å². The van der Waals surface area contributed by atoms with Crippen molar-refractivity contribution in [3.05, 3.63) is 0 Å². The lowest BCUT2D eigenvalue weighted by Gasteiger charge is -2.09. The molecular formula is C21H44N2O2. The van der Waals surface area contributed by atoms with E-state index < -0.39 is 6.23 Å². The standard InChI is InChI=1S/C21H44N2O2/c1-3-4-5-6-7-8-9-10-11-12-13-14-15-16-17-18-19-22-21(25)23-20(2)24/h20,24H,3-19H2,1-2H3,(H2,22,23,25). The smallest absolute Gasteiger partial charge is 0.316 e. The molecule has 25 heavy (non-hydrogen) atoms. The van der Waals surface area contributed by atoms with E-state index in [0.717, 1.165) is 6.42 Å². The fraction of sp³-hybridized carbons (Fsp3) is 0.952. The summed E-state index contributed by atoms with van der Waals surface area (Å²) in [6, 6.07) is -0.282. The highest BCUT2D eigenvalue weighted by molar-refractivity contribution is 5.73. The molecule has 3 N–H and O–H groups in total. The highest BCUT2D eigenvalue weighted by Crippen LogP contribution is 2.13. The molecule has 0 aromatic rings. The van der Waals surface area contributed by atoms with Gasteiger partial charge >= 0.3 is 6.03 Å². The largest absolute Gasteiger partial charge is 0.374 e. The first kappa shape index (κ1) is 24.2. The summed E-state index contributed by atoms with van der Waals surface area (Å²) in [5.74, 6) is 0. The van der Waals surface area contributed by atoms with E-state index in [1.807, 2.05) is 0 Å². The summed E-state index contributed by atoms with van der Waals surface area (Å²) in [5.41, 5.74) is 0. The molecule has 0 aliphatic heterocycles. The first-order chi connectivity index (χ1) is 12.2. The first-order valence-electron chi connectivity index (χ1n) is 10.9. The normalized spacial score (nSPS) is 12.1. The average molecular weight is 357 g/mol. The molecule has 2 amide bonds. The second-order valence-corrected chi connectivity index (χ2v) is 7.38. The predicted molar refractivity (Wildman–Crippen MR) is 108 cm³/mol. The zero-order valence-corrected chi connectivity index (χ0v) is 17.0. The fourth-order valence-electron chi connectivity index (χ4n) is 3.12. The average Bonchev–Trinajstić information content (AvgIpc) is 2.57. The van der Waals surface area contributed by atoms with Crippen LogP contribution < -0.4 is 10.6 Å². The van der Waals surface area contributed by atoms with E-state index in [4.69, 9.17) is 5.11 Å². The zero-order chi connectivity index (χ0) is 18.6. The molecule has 1 unspecified atom stereocenters. The monoisotopic (exact) mass is 356 g/mol. The fourth-order valence-corrected chi connectivity index (χ4v) is 3.12. The zero-order valence-electron chi connectivity index (χ0n) is 17.0. The van der Waals surface area contributed by atoms with Crippen LogP contribution in [0, 0.1) is 0 Å². The van der Waals surface area contributed by atoms with E-state index >= 15 is 0 Å². The van der Waals surface area contributed by atoms with E-state index in [1.54, 1.807) is 0 Å². The Kier molecular flexibility index (Phi) is 19.0. The Morgan fingerprint density at radius 3 is 1.44 bits per heavy atom. The second-order valence-electron chi connectivity index (χ2n) is 7.38. The Balaban J connectivity index is 3.06. The lowest BCUT2D eigenvalue weighted by molar-refractivity contribution is 0.157. The molecule has 0 fully saturated rings. The minimum Gasteiger partial charge on any atom is -0.374 e. The van der Waals surface area contributed by atoms with Crippen LogP contribution in [-0.4, -0.2) is 23.9 Å². The van der Waals surface area contributed by atoms with Gasteiger partial charge in [0.15, 0.2) is 0 Å². The van der Waals surface area contributed by atoms with Gasteiger partial charge in [-0.1, -0.05) is 103 Å². The lowest BCUT2D eigenvalue weighted by Crippen LogP contribution is -2.40. The summed E-state index contributed by atoms with van der Waals surface area (Å²) in [6.07, 6.45) is 20.9. The second kappa shape index (κ2) is 19.6. The molecule has 0 heterocycles. The number of aliphatic hydroxyl groups is 1. The summed E-state index contributed by atoms with van der Waals surface area (Å²) in [4.78, 5) is 11.2. The topological polar surface area (TPSA) is 61.4 Å². The number of unbranched alkanes of at least 4 members (excludes halogenated alkanes) is 15. The van der Waals surface area contributed by atoms with Gasteiger partial charge in [-0.2, -0.15) is 0 Å². The van der Waals surface area contributed by atoms with E-state index in [0.29, 0.717) is 6.54 Å². The van der Waals surface area contributed by atoms with E-state index in [-0.39, 0.29) is 6.03 Å². The van der Waals surface area contributed by atoms with E-state index in [1.165, 1.54) is 103 Å². The maximum absolute atomic E-state index is 11.2. The van der Waals surface area contributed by atoms with Crippen LogP contribution in [0.25, 0.3) is 0 Å². The summed E-state index contributed by atoms with van der Waals surface area (Å²) in [5, 5.41) is 14.2. The van der Waals surface area contributed by atoms with Gasteiger partial charge in [0.2, 0.25) is 0 Å². The number of carbonyl (C=O) groups is 1. The Morgan fingerprint density at radius 2 is 1.08 bits per heavy atom. The van der Waals surface area contributed by atoms with Crippen molar-refractivity contribution in [3.63, 3.8) is 0 Å². The molecule has 150 valence electrons. The third-order valence-corrected chi connectivity index (χ3v) is 4.66. The molecule has 0 saturated heterocycles.